The Morgan fingerprint density at radius 1 is 1.20 bits per heavy atom. The summed E-state index contributed by atoms with van der Waals surface area (Å²) in [6.45, 7) is 0. The van der Waals surface area contributed by atoms with E-state index in [4.69, 9.17) is 5.11 Å². The van der Waals surface area contributed by atoms with E-state index in [0.717, 1.165) is 17.8 Å². The third kappa shape index (κ3) is 3.00. The zero-order valence-electron chi connectivity index (χ0n) is 11.2. The van der Waals surface area contributed by atoms with Gasteiger partial charge >= 0.3 is 5.97 Å². The standard InChI is InChI=1S/C14H18N2O3S/c17-12(11-7-20-13(16-11)8-1-2-8)15-10-5-3-9(4-6-10)14(18)19/h7-10H,1-6H2,(H,15,17)(H,18,19). The average molecular weight is 294 g/mol. The van der Waals surface area contributed by atoms with Gasteiger partial charge in [-0.1, -0.05) is 0 Å². The van der Waals surface area contributed by atoms with Crippen LogP contribution in [-0.2, 0) is 4.79 Å². The highest BCUT2D eigenvalue weighted by Crippen LogP contribution is 2.41. The first-order valence-corrected chi connectivity index (χ1v) is 8.00. The summed E-state index contributed by atoms with van der Waals surface area (Å²) in [5.74, 6) is -0.508. The minimum Gasteiger partial charge on any atom is -0.481 e. The number of rotatable bonds is 4. The quantitative estimate of drug-likeness (QED) is 0.893. The van der Waals surface area contributed by atoms with E-state index >= 15 is 0 Å². The summed E-state index contributed by atoms with van der Waals surface area (Å²) in [4.78, 5) is 27.4. The molecule has 0 atom stereocenters. The summed E-state index contributed by atoms with van der Waals surface area (Å²) >= 11 is 1.57. The van der Waals surface area contributed by atoms with Crippen molar-refractivity contribution in [1.29, 1.82) is 0 Å². The van der Waals surface area contributed by atoms with Crippen molar-refractivity contribution in [3.63, 3.8) is 0 Å². The maximum atomic E-state index is 12.1. The highest BCUT2D eigenvalue weighted by molar-refractivity contribution is 7.10. The minimum atomic E-state index is -0.719. The number of amides is 1. The number of carbonyl (C=O) groups excluding carboxylic acids is 1. The lowest BCUT2D eigenvalue weighted by Gasteiger charge is -2.26. The summed E-state index contributed by atoms with van der Waals surface area (Å²) in [6, 6.07) is 0.0872. The van der Waals surface area contributed by atoms with Crippen LogP contribution in [0.25, 0.3) is 0 Å². The summed E-state index contributed by atoms with van der Waals surface area (Å²) in [6.07, 6.45) is 5.14. The van der Waals surface area contributed by atoms with E-state index < -0.39 is 5.97 Å². The highest BCUT2D eigenvalue weighted by Gasteiger charge is 2.29. The van der Waals surface area contributed by atoms with Gasteiger partial charge in [0.05, 0.1) is 10.9 Å². The number of hydrogen-bond donors (Lipinski definition) is 2. The van der Waals surface area contributed by atoms with Gasteiger partial charge in [-0.15, -0.1) is 11.3 Å². The molecule has 0 aromatic carbocycles. The summed E-state index contributed by atoms with van der Waals surface area (Å²) in [5.41, 5.74) is 0.511. The van der Waals surface area contributed by atoms with Crippen LogP contribution >= 0.6 is 11.3 Å². The maximum absolute atomic E-state index is 12.1. The van der Waals surface area contributed by atoms with Gasteiger partial charge in [-0.2, -0.15) is 0 Å². The van der Waals surface area contributed by atoms with Gasteiger partial charge in [0.15, 0.2) is 0 Å². The number of aromatic nitrogens is 1. The van der Waals surface area contributed by atoms with E-state index in [1.165, 1.54) is 12.8 Å². The van der Waals surface area contributed by atoms with Crippen molar-refractivity contribution >= 4 is 23.2 Å². The fraction of sp³-hybridized carbons (Fsp3) is 0.643. The van der Waals surface area contributed by atoms with Gasteiger partial charge in [0, 0.05) is 17.3 Å². The smallest absolute Gasteiger partial charge is 0.306 e. The number of nitrogens with zero attached hydrogens (tertiary/aromatic N) is 1. The summed E-state index contributed by atoms with van der Waals surface area (Å²) < 4.78 is 0. The number of thiazole rings is 1. The molecule has 2 aliphatic rings. The molecule has 0 unspecified atom stereocenters. The normalized spacial score (nSPS) is 26.2. The van der Waals surface area contributed by atoms with E-state index in [2.05, 4.69) is 10.3 Å². The van der Waals surface area contributed by atoms with Crippen molar-refractivity contribution in [3.8, 4) is 0 Å². The zero-order valence-corrected chi connectivity index (χ0v) is 12.0. The van der Waals surface area contributed by atoms with Gasteiger partial charge in [-0.25, -0.2) is 4.98 Å². The molecule has 1 aromatic heterocycles. The van der Waals surface area contributed by atoms with Gasteiger partial charge < -0.3 is 10.4 Å². The number of aliphatic carboxylic acids is 1. The second-order valence-corrected chi connectivity index (χ2v) is 6.60. The van der Waals surface area contributed by atoms with Gasteiger partial charge in [0.1, 0.15) is 5.69 Å². The topological polar surface area (TPSA) is 79.3 Å². The second-order valence-electron chi connectivity index (χ2n) is 5.71. The first-order valence-electron chi connectivity index (χ1n) is 7.12. The Labute approximate surface area is 121 Å². The molecule has 2 N–H and O–H groups in total. The first-order chi connectivity index (χ1) is 9.63. The molecule has 3 rings (SSSR count). The molecule has 0 aliphatic heterocycles. The minimum absolute atomic E-state index is 0.0872. The maximum Gasteiger partial charge on any atom is 0.306 e. The van der Waals surface area contributed by atoms with Crippen LogP contribution in [0.3, 0.4) is 0 Å². The SMILES string of the molecule is O=C(NC1CCC(C(=O)O)CC1)c1csc(C2CC2)n1. The van der Waals surface area contributed by atoms with Crippen LogP contribution < -0.4 is 5.32 Å². The van der Waals surface area contributed by atoms with Crippen LogP contribution in [0.15, 0.2) is 5.38 Å². The van der Waals surface area contributed by atoms with Gasteiger partial charge in [0.2, 0.25) is 0 Å². The number of hydrogen-bond acceptors (Lipinski definition) is 4. The number of carboxylic acids is 1. The molecule has 20 heavy (non-hydrogen) atoms. The van der Waals surface area contributed by atoms with Crippen LogP contribution in [0.1, 0.15) is 59.9 Å². The third-order valence-corrected chi connectivity index (χ3v) is 5.10. The molecule has 5 nitrogen and oxygen atoms in total. The molecule has 2 aliphatic carbocycles. The van der Waals surface area contributed by atoms with Crippen LogP contribution in [0.2, 0.25) is 0 Å². The highest BCUT2D eigenvalue weighted by atomic mass is 32.1. The van der Waals surface area contributed by atoms with Gasteiger partial charge in [-0.3, -0.25) is 9.59 Å². The summed E-state index contributed by atoms with van der Waals surface area (Å²) in [5, 5.41) is 14.8. The molecule has 2 fully saturated rings. The average Bonchev–Trinajstić information content (AvgIpc) is 3.17. The molecule has 108 valence electrons. The van der Waals surface area contributed by atoms with Crippen molar-refractivity contribution in [2.24, 2.45) is 5.92 Å². The van der Waals surface area contributed by atoms with E-state index in [9.17, 15) is 9.59 Å². The molecule has 0 radical (unpaired) electrons. The predicted octanol–water partition coefficient (Wildman–Crippen LogP) is 2.39. The number of carbonyl (C=O) groups is 2. The molecule has 0 spiro atoms. The fourth-order valence-electron chi connectivity index (χ4n) is 2.65. The van der Waals surface area contributed by atoms with Gasteiger partial charge in [0.25, 0.3) is 5.91 Å². The molecular weight excluding hydrogens is 276 g/mol. The van der Waals surface area contributed by atoms with Crippen molar-refractivity contribution in [2.75, 3.05) is 0 Å². The van der Waals surface area contributed by atoms with Crippen LogP contribution in [0, 0.1) is 5.92 Å². The molecule has 1 amide bonds. The molecular formula is C14H18N2O3S. The number of carboxylic acid groups (broad SMARTS) is 1. The lowest BCUT2D eigenvalue weighted by Crippen LogP contribution is -2.38. The molecule has 0 saturated heterocycles. The molecule has 6 heteroatoms. The van der Waals surface area contributed by atoms with E-state index in [-0.39, 0.29) is 17.9 Å². The molecule has 1 aromatic rings. The Hall–Kier alpha value is -1.43. The Kier molecular flexibility index (Phi) is 3.74. The lowest BCUT2D eigenvalue weighted by molar-refractivity contribution is -0.142. The van der Waals surface area contributed by atoms with Crippen molar-refractivity contribution < 1.29 is 14.7 Å². The monoisotopic (exact) mass is 294 g/mol. The molecule has 1 heterocycles. The number of nitrogens with one attached hydrogen (secondary N) is 1. The Morgan fingerprint density at radius 3 is 2.50 bits per heavy atom. The largest absolute Gasteiger partial charge is 0.481 e. The zero-order chi connectivity index (χ0) is 14.1. The van der Waals surface area contributed by atoms with E-state index in [1.807, 2.05) is 5.38 Å². The van der Waals surface area contributed by atoms with Gasteiger partial charge in [-0.05, 0) is 38.5 Å². The second kappa shape index (κ2) is 5.52. The lowest BCUT2D eigenvalue weighted by atomic mass is 9.86. The Morgan fingerprint density at radius 2 is 1.90 bits per heavy atom. The van der Waals surface area contributed by atoms with Crippen LogP contribution in [0.5, 0.6) is 0 Å². The Bertz CT molecular complexity index is 516. The third-order valence-electron chi connectivity index (χ3n) is 4.09. The Balaban J connectivity index is 1.52. The first kappa shape index (κ1) is 13.5. The fourth-order valence-corrected chi connectivity index (χ4v) is 3.63. The summed E-state index contributed by atoms with van der Waals surface area (Å²) in [7, 11) is 0. The van der Waals surface area contributed by atoms with E-state index in [0.29, 0.717) is 24.5 Å². The van der Waals surface area contributed by atoms with Crippen molar-refractivity contribution in [1.82, 2.24) is 10.3 Å². The van der Waals surface area contributed by atoms with E-state index in [1.54, 1.807) is 11.3 Å². The van der Waals surface area contributed by atoms with Crippen LogP contribution in [-0.4, -0.2) is 28.0 Å². The molecule has 0 bridgehead atoms. The predicted molar refractivity (Wildman–Crippen MR) is 74.9 cm³/mol. The van der Waals surface area contributed by atoms with Crippen LogP contribution in [0.4, 0.5) is 0 Å². The van der Waals surface area contributed by atoms with Crippen molar-refractivity contribution in [3.05, 3.63) is 16.1 Å². The molecule has 2 saturated carbocycles. The van der Waals surface area contributed by atoms with Crippen molar-refractivity contribution in [2.45, 2.75) is 50.5 Å².